The molecule has 2 aliphatic rings. The highest BCUT2D eigenvalue weighted by molar-refractivity contribution is 8.00. The number of hydrogen-bond acceptors (Lipinski definition) is 5. The molecule has 0 amide bonds. The zero-order valence-electron chi connectivity index (χ0n) is 13.6. The minimum atomic E-state index is -0.0651. The summed E-state index contributed by atoms with van der Waals surface area (Å²) in [6, 6.07) is 9.81. The fraction of sp³-hybridized carbons (Fsp3) is 0.529. The summed E-state index contributed by atoms with van der Waals surface area (Å²) >= 11 is 1.53. The number of hydrogen-bond donors (Lipinski definition) is 0. The van der Waals surface area contributed by atoms with E-state index in [2.05, 4.69) is 36.3 Å². The molecule has 1 aromatic carbocycles. The van der Waals surface area contributed by atoms with Crippen molar-refractivity contribution in [2.75, 3.05) is 0 Å². The Morgan fingerprint density at radius 3 is 2.61 bits per heavy atom. The monoisotopic (exact) mass is 328 g/mol. The summed E-state index contributed by atoms with van der Waals surface area (Å²) in [7, 11) is 0. The molecule has 2 aliphatic carbocycles. The summed E-state index contributed by atoms with van der Waals surface area (Å²) in [5.74, 6) is 0.544. The Bertz CT molecular complexity index is 757. The lowest BCUT2D eigenvalue weighted by Crippen LogP contribution is -2.35. The van der Waals surface area contributed by atoms with Gasteiger partial charge in [-0.2, -0.15) is 4.68 Å². The van der Waals surface area contributed by atoms with Gasteiger partial charge in [0.1, 0.15) is 5.78 Å². The molecule has 1 heterocycles. The molecule has 2 aromatic rings. The van der Waals surface area contributed by atoms with Crippen LogP contribution >= 0.6 is 11.8 Å². The molecule has 0 unspecified atom stereocenters. The predicted octanol–water partition coefficient (Wildman–Crippen LogP) is 3.15. The topological polar surface area (TPSA) is 60.7 Å². The Labute approximate surface area is 139 Å². The van der Waals surface area contributed by atoms with Crippen LogP contribution in [0.2, 0.25) is 0 Å². The maximum Gasteiger partial charge on any atom is 0.214 e. The number of carbonyl (C=O) groups is 1. The van der Waals surface area contributed by atoms with Crippen molar-refractivity contribution >= 4 is 17.5 Å². The van der Waals surface area contributed by atoms with Gasteiger partial charge in [0.2, 0.25) is 5.16 Å². The molecule has 5 nitrogen and oxygen atoms in total. The molecule has 120 valence electrons. The van der Waals surface area contributed by atoms with Crippen LogP contribution in [0.4, 0.5) is 0 Å². The van der Waals surface area contributed by atoms with Crippen molar-refractivity contribution in [3.05, 3.63) is 30.3 Å². The first-order valence-corrected chi connectivity index (χ1v) is 8.87. The Morgan fingerprint density at radius 1 is 1.22 bits per heavy atom. The van der Waals surface area contributed by atoms with Crippen molar-refractivity contribution < 1.29 is 4.79 Å². The number of Topliss-reactive ketones (excluding diaryl/α,β-unsaturated/α-hetero) is 1. The summed E-state index contributed by atoms with van der Waals surface area (Å²) < 4.78 is 1.72. The third kappa shape index (κ3) is 1.94. The van der Waals surface area contributed by atoms with Crippen LogP contribution in [0.5, 0.6) is 0 Å². The van der Waals surface area contributed by atoms with E-state index in [0.29, 0.717) is 10.9 Å². The Hall–Kier alpha value is -1.69. The fourth-order valence-corrected chi connectivity index (χ4v) is 5.76. The number of thioether (sulfide) groups is 1. The average Bonchev–Trinajstić information content (AvgIpc) is 3.12. The molecule has 0 saturated heterocycles. The summed E-state index contributed by atoms with van der Waals surface area (Å²) in [6.45, 7) is 6.73. The zero-order valence-corrected chi connectivity index (χ0v) is 14.4. The van der Waals surface area contributed by atoms with E-state index in [0.717, 1.165) is 18.5 Å². The summed E-state index contributed by atoms with van der Waals surface area (Å²) in [6.07, 6.45) is 2.12. The number of para-hydroxylation sites is 1. The van der Waals surface area contributed by atoms with E-state index in [9.17, 15) is 4.79 Å². The van der Waals surface area contributed by atoms with Gasteiger partial charge < -0.3 is 0 Å². The first-order chi connectivity index (χ1) is 10.9. The first kappa shape index (κ1) is 14.9. The third-order valence-electron chi connectivity index (χ3n) is 6.14. The fourth-order valence-electron chi connectivity index (χ4n) is 4.27. The molecule has 0 radical (unpaired) electrons. The van der Waals surface area contributed by atoms with Crippen molar-refractivity contribution in [3.63, 3.8) is 0 Å². The van der Waals surface area contributed by atoms with E-state index in [-0.39, 0.29) is 22.0 Å². The molecule has 3 atom stereocenters. The second-order valence-corrected chi connectivity index (χ2v) is 8.41. The van der Waals surface area contributed by atoms with Gasteiger partial charge in [-0.05, 0) is 46.2 Å². The molecule has 6 heteroatoms. The molecular weight excluding hydrogens is 308 g/mol. The minimum absolute atomic E-state index is 0.00683. The third-order valence-corrected chi connectivity index (χ3v) is 7.59. The summed E-state index contributed by atoms with van der Waals surface area (Å²) in [5, 5.41) is 12.7. The van der Waals surface area contributed by atoms with Gasteiger partial charge in [0.25, 0.3) is 0 Å². The number of benzene rings is 1. The van der Waals surface area contributed by atoms with Crippen LogP contribution < -0.4 is 0 Å². The van der Waals surface area contributed by atoms with Crippen LogP contribution in [0, 0.1) is 16.7 Å². The van der Waals surface area contributed by atoms with Gasteiger partial charge in [0.05, 0.1) is 10.9 Å². The Kier molecular flexibility index (Phi) is 3.17. The van der Waals surface area contributed by atoms with Crippen LogP contribution in [0.15, 0.2) is 35.5 Å². The molecule has 0 N–H and O–H groups in total. The van der Waals surface area contributed by atoms with E-state index < -0.39 is 0 Å². The standard InChI is InChI=1S/C17H20N4OS/c1-16(2)12-9-10-17(16,3)14(13(12)22)23-15-18-19-20-21(15)11-7-5-4-6-8-11/h4-8,12,14H,9-10H2,1-3H3/t12-,14+,17+/m0/s1. The van der Waals surface area contributed by atoms with Crippen LogP contribution in [0.25, 0.3) is 5.69 Å². The molecule has 4 rings (SSSR count). The van der Waals surface area contributed by atoms with Crippen molar-refractivity contribution in [2.45, 2.75) is 44.0 Å². The number of nitrogens with zero attached hydrogens (tertiary/aromatic N) is 4. The lowest BCUT2D eigenvalue weighted by molar-refractivity contribution is -0.122. The highest BCUT2D eigenvalue weighted by Crippen LogP contribution is 2.67. The van der Waals surface area contributed by atoms with Crippen molar-refractivity contribution in [1.29, 1.82) is 0 Å². The Morgan fingerprint density at radius 2 is 1.96 bits per heavy atom. The minimum Gasteiger partial charge on any atom is -0.298 e. The molecule has 1 aromatic heterocycles. The van der Waals surface area contributed by atoms with Crippen LogP contribution in [0.1, 0.15) is 33.6 Å². The summed E-state index contributed by atoms with van der Waals surface area (Å²) in [4.78, 5) is 12.9. The Balaban J connectivity index is 1.68. The summed E-state index contributed by atoms with van der Waals surface area (Å²) in [5.41, 5.74) is 0.972. The van der Waals surface area contributed by atoms with Gasteiger partial charge in [-0.3, -0.25) is 4.79 Å². The smallest absolute Gasteiger partial charge is 0.214 e. The van der Waals surface area contributed by atoms with E-state index in [1.807, 2.05) is 30.3 Å². The second kappa shape index (κ2) is 4.90. The molecule has 2 bridgehead atoms. The number of carbonyl (C=O) groups excluding carboxylic acids is 1. The maximum absolute atomic E-state index is 12.9. The second-order valence-electron chi connectivity index (χ2n) is 7.34. The van der Waals surface area contributed by atoms with Crippen LogP contribution in [-0.2, 0) is 4.79 Å². The number of rotatable bonds is 3. The number of ketones is 1. The van der Waals surface area contributed by atoms with Crippen molar-refractivity contribution in [3.8, 4) is 5.69 Å². The van der Waals surface area contributed by atoms with Gasteiger partial charge in [0, 0.05) is 5.92 Å². The predicted molar refractivity (Wildman–Crippen MR) is 88.4 cm³/mol. The molecular formula is C17H20N4OS. The average molecular weight is 328 g/mol. The molecule has 2 fully saturated rings. The first-order valence-electron chi connectivity index (χ1n) is 7.99. The normalized spacial score (nSPS) is 31.7. The molecule has 0 spiro atoms. The van der Waals surface area contributed by atoms with Gasteiger partial charge >= 0.3 is 0 Å². The van der Waals surface area contributed by atoms with Crippen molar-refractivity contribution in [1.82, 2.24) is 20.2 Å². The number of tetrazole rings is 1. The molecule has 0 aliphatic heterocycles. The largest absolute Gasteiger partial charge is 0.298 e. The van der Waals surface area contributed by atoms with Gasteiger partial charge in [-0.15, -0.1) is 5.10 Å². The SMILES string of the molecule is CC1(C)[C@H]2CC[C@]1(C)[C@H](Sc1nnnn1-c1ccccc1)C2=O. The van der Waals surface area contributed by atoms with Gasteiger partial charge in [-0.25, -0.2) is 0 Å². The quantitative estimate of drug-likeness (QED) is 0.866. The van der Waals surface area contributed by atoms with E-state index >= 15 is 0 Å². The highest BCUT2D eigenvalue weighted by atomic mass is 32.2. The highest BCUT2D eigenvalue weighted by Gasteiger charge is 2.66. The van der Waals surface area contributed by atoms with E-state index in [1.165, 1.54) is 11.8 Å². The lowest BCUT2D eigenvalue weighted by atomic mass is 9.71. The lowest BCUT2D eigenvalue weighted by Gasteiger charge is -2.37. The van der Waals surface area contributed by atoms with Crippen LogP contribution in [0.3, 0.4) is 0 Å². The molecule has 23 heavy (non-hydrogen) atoms. The number of aromatic nitrogens is 4. The van der Waals surface area contributed by atoms with Gasteiger partial charge in [0.15, 0.2) is 0 Å². The maximum atomic E-state index is 12.9. The zero-order chi connectivity index (χ0) is 16.2. The molecule has 2 saturated carbocycles. The van der Waals surface area contributed by atoms with Gasteiger partial charge in [-0.1, -0.05) is 50.7 Å². The van der Waals surface area contributed by atoms with Crippen LogP contribution in [-0.4, -0.2) is 31.2 Å². The number of fused-ring (bicyclic) bond motifs is 2. The van der Waals surface area contributed by atoms with Crippen molar-refractivity contribution in [2.24, 2.45) is 16.7 Å². The van der Waals surface area contributed by atoms with E-state index in [1.54, 1.807) is 4.68 Å². The van der Waals surface area contributed by atoms with E-state index in [4.69, 9.17) is 0 Å².